The molecule has 90 valence electrons. The van der Waals surface area contributed by atoms with E-state index in [9.17, 15) is 0 Å². The summed E-state index contributed by atoms with van der Waals surface area (Å²) in [5, 5.41) is 3.41. The van der Waals surface area contributed by atoms with E-state index in [0.717, 1.165) is 23.6 Å². The lowest BCUT2D eigenvalue weighted by Gasteiger charge is -2.05. The quantitative estimate of drug-likeness (QED) is 0.733. The van der Waals surface area contributed by atoms with Crippen molar-refractivity contribution in [2.75, 3.05) is 5.32 Å². The molecule has 0 unspecified atom stereocenters. The molecule has 2 aromatic heterocycles. The summed E-state index contributed by atoms with van der Waals surface area (Å²) in [6.45, 7) is 0.738. The molecule has 3 rings (SSSR count). The molecular formula is C14H12IN3. The Hall–Kier alpha value is -1.56. The van der Waals surface area contributed by atoms with Crippen LogP contribution in [0.25, 0.3) is 5.65 Å². The van der Waals surface area contributed by atoms with E-state index in [2.05, 4.69) is 51.2 Å². The third-order valence-electron chi connectivity index (χ3n) is 2.75. The Morgan fingerprint density at radius 1 is 1.11 bits per heavy atom. The number of benzene rings is 1. The lowest BCUT2D eigenvalue weighted by molar-refractivity contribution is 1.08. The number of hydrogen-bond acceptors (Lipinski definition) is 2. The normalized spacial score (nSPS) is 10.7. The molecule has 3 aromatic rings. The van der Waals surface area contributed by atoms with E-state index >= 15 is 0 Å². The van der Waals surface area contributed by atoms with Gasteiger partial charge >= 0.3 is 0 Å². The molecule has 0 spiro atoms. The van der Waals surface area contributed by atoms with Gasteiger partial charge in [0.1, 0.15) is 5.65 Å². The van der Waals surface area contributed by atoms with Gasteiger partial charge in [0.05, 0.1) is 12.2 Å². The Balaban J connectivity index is 1.79. The van der Waals surface area contributed by atoms with Crippen molar-refractivity contribution >= 4 is 33.9 Å². The van der Waals surface area contributed by atoms with Crippen LogP contribution in [0.2, 0.25) is 0 Å². The fraction of sp³-hybridized carbons (Fsp3) is 0.0714. The van der Waals surface area contributed by atoms with E-state index in [1.54, 1.807) is 0 Å². The highest BCUT2D eigenvalue weighted by Gasteiger charge is 2.02. The van der Waals surface area contributed by atoms with Crippen molar-refractivity contribution in [1.82, 2.24) is 9.38 Å². The van der Waals surface area contributed by atoms with Crippen LogP contribution in [0.1, 0.15) is 5.69 Å². The fourth-order valence-corrected chi connectivity index (χ4v) is 2.44. The largest absolute Gasteiger partial charge is 0.378 e. The number of nitrogens with one attached hydrogen (secondary N) is 1. The Kier molecular flexibility index (Phi) is 3.19. The summed E-state index contributed by atoms with van der Waals surface area (Å²) in [4.78, 5) is 4.56. The van der Waals surface area contributed by atoms with Crippen molar-refractivity contribution < 1.29 is 0 Å². The second-order valence-electron chi connectivity index (χ2n) is 4.03. The molecule has 0 amide bonds. The van der Waals surface area contributed by atoms with Crippen molar-refractivity contribution in [3.8, 4) is 0 Å². The number of halogens is 1. The van der Waals surface area contributed by atoms with Crippen molar-refractivity contribution in [2.45, 2.75) is 6.54 Å². The van der Waals surface area contributed by atoms with E-state index in [0.29, 0.717) is 0 Å². The van der Waals surface area contributed by atoms with Gasteiger partial charge in [-0.25, -0.2) is 4.98 Å². The molecule has 3 nitrogen and oxygen atoms in total. The van der Waals surface area contributed by atoms with Gasteiger partial charge in [-0.2, -0.15) is 0 Å². The lowest BCUT2D eigenvalue weighted by Crippen LogP contribution is -2.00. The van der Waals surface area contributed by atoms with Crippen LogP contribution in [0.4, 0.5) is 5.69 Å². The number of anilines is 1. The second kappa shape index (κ2) is 4.97. The smallest absolute Gasteiger partial charge is 0.137 e. The molecule has 4 heteroatoms. The van der Waals surface area contributed by atoms with Crippen LogP contribution in [0, 0.1) is 3.57 Å². The highest BCUT2D eigenvalue weighted by Crippen LogP contribution is 2.17. The maximum absolute atomic E-state index is 4.56. The van der Waals surface area contributed by atoms with Gasteiger partial charge in [0.15, 0.2) is 0 Å². The van der Waals surface area contributed by atoms with E-state index in [-0.39, 0.29) is 0 Å². The number of nitrogens with zero attached hydrogens (tertiary/aromatic N) is 2. The predicted molar refractivity (Wildman–Crippen MR) is 81.7 cm³/mol. The SMILES string of the molecule is Ic1ccccc1NCc1cn2ccccc2n1. The summed E-state index contributed by atoms with van der Waals surface area (Å²) in [7, 11) is 0. The topological polar surface area (TPSA) is 29.3 Å². The number of imidazole rings is 1. The summed E-state index contributed by atoms with van der Waals surface area (Å²) >= 11 is 2.33. The molecule has 0 aliphatic heterocycles. The highest BCUT2D eigenvalue weighted by atomic mass is 127. The van der Waals surface area contributed by atoms with Crippen molar-refractivity contribution in [3.05, 3.63) is 64.1 Å². The number of pyridine rings is 1. The molecular weight excluding hydrogens is 337 g/mol. The van der Waals surface area contributed by atoms with Crippen molar-refractivity contribution in [1.29, 1.82) is 0 Å². The molecule has 1 aromatic carbocycles. The average molecular weight is 349 g/mol. The van der Waals surface area contributed by atoms with Crippen LogP contribution < -0.4 is 5.32 Å². The molecule has 1 N–H and O–H groups in total. The minimum Gasteiger partial charge on any atom is -0.378 e. The Morgan fingerprint density at radius 2 is 1.94 bits per heavy atom. The van der Waals surface area contributed by atoms with Gasteiger partial charge in [0, 0.05) is 21.7 Å². The molecule has 0 atom stereocenters. The predicted octanol–water partition coefficient (Wildman–Crippen LogP) is 3.55. The van der Waals surface area contributed by atoms with Gasteiger partial charge in [-0.15, -0.1) is 0 Å². The molecule has 0 fully saturated rings. The van der Waals surface area contributed by atoms with Crippen LogP contribution >= 0.6 is 22.6 Å². The maximum Gasteiger partial charge on any atom is 0.137 e. The number of aromatic nitrogens is 2. The molecule has 0 saturated heterocycles. The van der Waals surface area contributed by atoms with Crippen LogP contribution in [0.5, 0.6) is 0 Å². The first-order chi connectivity index (χ1) is 8.83. The lowest BCUT2D eigenvalue weighted by atomic mass is 10.3. The molecule has 0 radical (unpaired) electrons. The third kappa shape index (κ3) is 2.33. The summed E-state index contributed by atoms with van der Waals surface area (Å²) in [5.41, 5.74) is 3.17. The van der Waals surface area contributed by atoms with Gasteiger partial charge in [0.25, 0.3) is 0 Å². The minimum absolute atomic E-state index is 0.738. The molecule has 18 heavy (non-hydrogen) atoms. The Morgan fingerprint density at radius 3 is 2.78 bits per heavy atom. The fourth-order valence-electron chi connectivity index (χ4n) is 1.86. The maximum atomic E-state index is 4.56. The second-order valence-corrected chi connectivity index (χ2v) is 5.19. The van der Waals surface area contributed by atoms with Crippen molar-refractivity contribution in [2.24, 2.45) is 0 Å². The Labute approximate surface area is 119 Å². The first kappa shape index (κ1) is 11.5. The number of para-hydroxylation sites is 1. The highest BCUT2D eigenvalue weighted by molar-refractivity contribution is 14.1. The van der Waals surface area contributed by atoms with Crippen LogP contribution in [-0.4, -0.2) is 9.38 Å². The van der Waals surface area contributed by atoms with E-state index in [1.165, 1.54) is 3.57 Å². The number of fused-ring (bicyclic) bond motifs is 1. The van der Waals surface area contributed by atoms with E-state index in [4.69, 9.17) is 0 Å². The first-order valence-electron chi connectivity index (χ1n) is 5.74. The van der Waals surface area contributed by atoms with Gasteiger partial charge in [-0.05, 0) is 46.9 Å². The Bertz CT molecular complexity index is 642. The van der Waals surface area contributed by atoms with E-state index in [1.807, 2.05) is 40.9 Å². The molecule has 2 heterocycles. The zero-order valence-corrected chi connectivity index (χ0v) is 11.8. The molecule has 0 saturated carbocycles. The molecule has 0 bridgehead atoms. The first-order valence-corrected chi connectivity index (χ1v) is 6.82. The van der Waals surface area contributed by atoms with Crippen LogP contribution in [-0.2, 0) is 6.54 Å². The van der Waals surface area contributed by atoms with E-state index < -0.39 is 0 Å². The van der Waals surface area contributed by atoms with Crippen LogP contribution in [0.3, 0.4) is 0 Å². The minimum atomic E-state index is 0.738. The van der Waals surface area contributed by atoms with Gasteiger partial charge < -0.3 is 9.72 Å². The van der Waals surface area contributed by atoms with Gasteiger partial charge in [-0.1, -0.05) is 18.2 Å². The number of hydrogen-bond donors (Lipinski definition) is 1. The zero-order chi connectivity index (χ0) is 12.4. The average Bonchev–Trinajstić information content (AvgIpc) is 2.80. The van der Waals surface area contributed by atoms with Crippen LogP contribution in [0.15, 0.2) is 54.9 Å². The molecule has 0 aliphatic rings. The summed E-state index contributed by atoms with van der Waals surface area (Å²) in [6.07, 6.45) is 4.07. The molecule has 0 aliphatic carbocycles. The van der Waals surface area contributed by atoms with Gasteiger partial charge in [0.2, 0.25) is 0 Å². The standard InChI is InChI=1S/C14H12IN3/c15-12-5-1-2-6-13(12)16-9-11-10-18-8-4-3-7-14(18)17-11/h1-8,10,16H,9H2. The van der Waals surface area contributed by atoms with Crippen molar-refractivity contribution in [3.63, 3.8) is 0 Å². The third-order valence-corrected chi connectivity index (χ3v) is 3.69. The summed E-state index contributed by atoms with van der Waals surface area (Å²) in [6, 6.07) is 14.3. The monoisotopic (exact) mass is 349 g/mol. The van der Waals surface area contributed by atoms with Gasteiger partial charge in [-0.3, -0.25) is 0 Å². The summed E-state index contributed by atoms with van der Waals surface area (Å²) in [5.74, 6) is 0. The summed E-state index contributed by atoms with van der Waals surface area (Å²) < 4.78 is 3.26. The number of rotatable bonds is 3. The zero-order valence-electron chi connectivity index (χ0n) is 9.68.